The highest BCUT2D eigenvalue weighted by atomic mass is 32.1. The van der Waals surface area contributed by atoms with E-state index in [1.165, 1.54) is 25.7 Å². The monoisotopic (exact) mass is 293 g/mol. The van der Waals surface area contributed by atoms with Gasteiger partial charge in [-0.1, -0.05) is 24.2 Å². The van der Waals surface area contributed by atoms with Crippen LogP contribution in [0.4, 0.5) is 0 Å². The maximum atomic E-state index is 5.58. The normalized spacial score (nSPS) is 27.9. The van der Waals surface area contributed by atoms with Crippen LogP contribution in [-0.2, 0) is 4.74 Å². The average molecular weight is 293 g/mol. The molecule has 1 saturated heterocycles. The second-order valence-corrected chi connectivity index (χ2v) is 6.70. The molecule has 20 heavy (non-hydrogen) atoms. The highest BCUT2D eigenvalue weighted by Gasteiger charge is 2.32. The van der Waals surface area contributed by atoms with Crippen molar-refractivity contribution in [1.82, 2.24) is 25.1 Å². The highest BCUT2D eigenvalue weighted by molar-refractivity contribution is 7.16. The first kappa shape index (κ1) is 12.7. The number of nitrogens with one attached hydrogen (secondary N) is 1. The number of rotatable bonds is 3. The zero-order chi connectivity index (χ0) is 13.5. The van der Waals surface area contributed by atoms with Gasteiger partial charge in [0.15, 0.2) is 5.82 Å². The molecule has 2 atom stereocenters. The van der Waals surface area contributed by atoms with Crippen molar-refractivity contribution in [1.29, 1.82) is 0 Å². The van der Waals surface area contributed by atoms with Crippen molar-refractivity contribution >= 4 is 16.3 Å². The fourth-order valence-electron chi connectivity index (χ4n) is 3.32. The van der Waals surface area contributed by atoms with Gasteiger partial charge in [0, 0.05) is 12.0 Å². The van der Waals surface area contributed by atoms with Gasteiger partial charge in [0.2, 0.25) is 4.96 Å². The molecule has 2 unspecified atom stereocenters. The summed E-state index contributed by atoms with van der Waals surface area (Å²) in [6, 6.07) is 0.355. The number of hydrogen-bond acceptors (Lipinski definition) is 6. The van der Waals surface area contributed by atoms with Crippen molar-refractivity contribution in [2.24, 2.45) is 0 Å². The van der Waals surface area contributed by atoms with E-state index in [0.29, 0.717) is 17.9 Å². The molecule has 4 rings (SSSR count). The van der Waals surface area contributed by atoms with Crippen molar-refractivity contribution in [2.45, 2.75) is 43.6 Å². The maximum absolute atomic E-state index is 5.58. The molecule has 0 aromatic carbocycles. The second kappa shape index (κ2) is 5.05. The van der Waals surface area contributed by atoms with E-state index in [2.05, 4.69) is 15.5 Å². The topological polar surface area (TPSA) is 64.3 Å². The quantitative estimate of drug-likeness (QED) is 0.930. The predicted octanol–water partition coefficient (Wildman–Crippen LogP) is 1.55. The van der Waals surface area contributed by atoms with Crippen LogP contribution in [0.5, 0.6) is 0 Å². The Labute approximate surface area is 121 Å². The lowest BCUT2D eigenvalue weighted by molar-refractivity contribution is 0.188. The van der Waals surface area contributed by atoms with Crippen LogP contribution >= 0.6 is 11.3 Å². The van der Waals surface area contributed by atoms with Crippen LogP contribution in [0.1, 0.15) is 48.4 Å². The molecule has 3 heterocycles. The number of aromatic nitrogens is 4. The molecule has 6 nitrogen and oxygen atoms in total. The van der Waals surface area contributed by atoms with Gasteiger partial charge in [0.1, 0.15) is 5.01 Å². The Morgan fingerprint density at radius 3 is 2.90 bits per heavy atom. The van der Waals surface area contributed by atoms with Crippen LogP contribution < -0.4 is 5.32 Å². The Hall–Kier alpha value is -1.05. The number of likely N-dealkylation sites (N-methyl/N-ethyl adjacent to an activating group) is 1. The largest absolute Gasteiger partial charge is 0.379 e. The Morgan fingerprint density at radius 2 is 2.10 bits per heavy atom. The highest BCUT2D eigenvalue weighted by Crippen LogP contribution is 2.35. The standard InChI is InChI=1S/C13H19N5OS/c1-14-10-7-19-6-9(10)12-17-18-11(8-4-2-3-5-8)15-16-13(18)20-12/h8-10,14H,2-7H2,1H3. The van der Waals surface area contributed by atoms with E-state index in [0.717, 1.165) is 29.0 Å². The third-order valence-electron chi connectivity index (χ3n) is 4.52. The van der Waals surface area contributed by atoms with Crippen LogP contribution in [0.2, 0.25) is 0 Å². The van der Waals surface area contributed by atoms with Gasteiger partial charge in [-0.15, -0.1) is 10.2 Å². The SMILES string of the molecule is CNC1COCC1c1nn2c(C3CCCC3)nnc2s1. The van der Waals surface area contributed by atoms with Crippen LogP contribution in [0, 0.1) is 0 Å². The third-order valence-corrected chi connectivity index (χ3v) is 5.55. The van der Waals surface area contributed by atoms with Crippen LogP contribution in [0.3, 0.4) is 0 Å². The van der Waals surface area contributed by atoms with Crippen LogP contribution in [0.25, 0.3) is 4.96 Å². The number of ether oxygens (including phenoxy) is 1. The average Bonchev–Trinajstić information content (AvgIpc) is 3.20. The molecular weight excluding hydrogens is 274 g/mol. The molecule has 2 aliphatic rings. The minimum atomic E-state index is 0.336. The zero-order valence-electron chi connectivity index (χ0n) is 11.6. The summed E-state index contributed by atoms with van der Waals surface area (Å²) in [5, 5.41) is 17.9. The lowest BCUT2D eigenvalue weighted by atomic mass is 10.1. The molecule has 0 radical (unpaired) electrons. The maximum Gasteiger partial charge on any atom is 0.234 e. The third kappa shape index (κ3) is 1.96. The van der Waals surface area contributed by atoms with Gasteiger partial charge in [0.05, 0.1) is 19.1 Å². The van der Waals surface area contributed by atoms with E-state index in [-0.39, 0.29) is 0 Å². The van der Waals surface area contributed by atoms with E-state index in [1.54, 1.807) is 11.3 Å². The first-order valence-electron chi connectivity index (χ1n) is 7.34. The lowest BCUT2D eigenvalue weighted by Gasteiger charge is -2.13. The van der Waals surface area contributed by atoms with Gasteiger partial charge in [-0.05, 0) is 19.9 Å². The lowest BCUT2D eigenvalue weighted by Crippen LogP contribution is -2.31. The molecule has 108 valence electrons. The predicted molar refractivity (Wildman–Crippen MR) is 76.3 cm³/mol. The summed E-state index contributed by atoms with van der Waals surface area (Å²) in [4.78, 5) is 0.920. The summed E-state index contributed by atoms with van der Waals surface area (Å²) in [6.45, 7) is 1.51. The molecule has 0 bridgehead atoms. The molecule has 1 aliphatic carbocycles. The minimum Gasteiger partial charge on any atom is -0.379 e. The summed E-state index contributed by atoms with van der Waals surface area (Å²) in [6.07, 6.45) is 5.04. The first-order chi connectivity index (χ1) is 9.86. The van der Waals surface area contributed by atoms with Gasteiger partial charge in [0.25, 0.3) is 0 Å². The van der Waals surface area contributed by atoms with Crippen LogP contribution in [0.15, 0.2) is 0 Å². The number of fused-ring (bicyclic) bond motifs is 1. The molecule has 2 fully saturated rings. The van der Waals surface area contributed by atoms with E-state index >= 15 is 0 Å². The summed E-state index contributed by atoms with van der Waals surface area (Å²) in [7, 11) is 1.98. The zero-order valence-corrected chi connectivity index (χ0v) is 12.4. The van der Waals surface area contributed by atoms with Crippen LogP contribution in [-0.4, -0.2) is 46.1 Å². The molecule has 1 N–H and O–H groups in total. The van der Waals surface area contributed by atoms with E-state index in [9.17, 15) is 0 Å². The summed E-state index contributed by atoms with van der Waals surface area (Å²) < 4.78 is 7.55. The van der Waals surface area contributed by atoms with Gasteiger partial charge in [-0.3, -0.25) is 0 Å². The number of hydrogen-bond donors (Lipinski definition) is 1. The Kier molecular flexibility index (Phi) is 3.20. The Bertz CT molecular complexity index is 603. The smallest absolute Gasteiger partial charge is 0.234 e. The molecule has 1 saturated carbocycles. The van der Waals surface area contributed by atoms with Crippen molar-refractivity contribution in [3.05, 3.63) is 10.8 Å². The summed E-state index contributed by atoms with van der Waals surface area (Å²) >= 11 is 1.65. The summed E-state index contributed by atoms with van der Waals surface area (Å²) in [5.74, 6) is 1.93. The minimum absolute atomic E-state index is 0.336. The van der Waals surface area contributed by atoms with Gasteiger partial charge >= 0.3 is 0 Å². The Balaban J connectivity index is 1.68. The van der Waals surface area contributed by atoms with Crippen molar-refractivity contribution in [3.8, 4) is 0 Å². The van der Waals surface area contributed by atoms with Crippen molar-refractivity contribution < 1.29 is 4.74 Å². The van der Waals surface area contributed by atoms with Crippen molar-refractivity contribution in [3.63, 3.8) is 0 Å². The van der Waals surface area contributed by atoms with Crippen molar-refractivity contribution in [2.75, 3.05) is 20.3 Å². The van der Waals surface area contributed by atoms with E-state index < -0.39 is 0 Å². The van der Waals surface area contributed by atoms with E-state index in [4.69, 9.17) is 9.84 Å². The Morgan fingerprint density at radius 1 is 1.25 bits per heavy atom. The van der Waals surface area contributed by atoms with E-state index in [1.807, 2.05) is 11.6 Å². The second-order valence-electron chi connectivity index (χ2n) is 5.71. The fraction of sp³-hybridized carbons (Fsp3) is 0.769. The molecular formula is C13H19N5OS. The fourth-order valence-corrected chi connectivity index (χ4v) is 4.31. The molecule has 1 aliphatic heterocycles. The first-order valence-corrected chi connectivity index (χ1v) is 8.15. The molecule has 2 aromatic heterocycles. The molecule has 0 amide bonds. The number of nitrogens with zero attached hydrogens (tertiary/aromatic N) is 4. The molecule has 0 spiro atoms. The van der Waals surface area contributed by atoms with Gasteiger partial charge in [-0.25, -0.2) is 0 Å². The summed E-state index contributed by atoms with van der Waals surface area (Å²) in [5.41, 5.74) is 0. The molecule has 7 heteroatoms. The van der Waals surface area contributed by atoms with Gasteiger partial charge < -0.3 is 10.1 Å². The van der Waals surface area contributed by atoms with Gasteiger partial charge in [-0.2, -0.15) is 9.61 Å². The molecule has 2 aromatic rings.